The summed E-state index contributed by atoms with van der Waals surface area (Å²) in [6.07, 6.45) is 2.62. The molecule has 15 heavy (non-hydrogen) atoms. The fourth-order valence-corrected chi connectivity index (χ4v) is 3.28. The third kappa shape index (κ3) is 1.33. The summed E-state index contributed by atoms with van der Waals surface area (Å²) in [5.41, 5.74) is 1.71. The molecule has 1 nitrogen and oxygen atoms in total. The van der Waals surface area contributed by atoms with Gasteiger partial charge in [0.05, 0.1) is 10.0 Å². The van der Waals surface area contributed by atoms with Crippen LogP contribution in [-0.2, 0) is 5.41 Å². The van der Waals surface area contributed by atoms with Gasteiger partial charge in [0.2, 0.25) is 0 Å². The van der Waals surface area contributed by atoms with Crippen LogP contribution in [0, 0.1) is 5.92 Å². The van der Waals surface area contributed by atoms with E-state index in [0.717, 1.165) is 19.0 Å². The summed E-state index contributed by atoms with van der Waals surface area (Å²) in [5.74, 6) is 0.801. The Morgan fingerprint density at radius 3 is 2.73 bits per heavy atom. The second-order valence-electron chi connectivity index (χ2n) is 4.65. The minimum Gasteiger partial charge on any atom is -0.316 e. The highest BCUT2D eigenvalue weighted by Gasteiger charge is 2.50. The molecule has 1 saturated carbocycles. The molecule has 2 fully saturated rings. The molecule has 0 amide bonds. The number of rotatable bonds is 1. The van der Waals surface area contributed by atoms with Crippen molar-refractivity contribution < 1.29 is 0 Å². The van der Waals surface area contributed by atoms with Crippen molar-refractivity contribution in [1.29, 1.82) is 0 Å². The van der Waals surface area contributed by atoms with Crippen LogP contribution in [0.25, 0.3) is 0 Å². The van der Waals surface area contributed by atoms with E-state index in [-0.39, 0.29) is 0 Å². The fraction of sp³-hybridized carbons (Fsp3) is 0.500. The summed E-state index contributed by atoms with van der Waals surface area (Å²) in [6, 6.07) is 6.10. The highest BCUT2D eigenvalue weighted by Crippen LogP contribution is 2.51. The smallest absolute Gasteiger partial charge is 0.0595 e. The van der Waals surface area contributed by atoms with E-state index in [2.05, 4.69) is 11.4 Å². The van der Waals surface area contributed by atoms with E-state index in [1.54, 1.807) is 0 Å². The van der Waals surface area contributed by atoms with Gasteiger partial charge in [0, 0.05) is 12.0 Å². The van der Waals surface area contributed by atoms with Crippen molar-refractivity contribution in [1.82, 2.24) is 5.32 Å². The third-order valence-electron chi connectivity index (χ3n) is 4.05. The molecule has 1 aromatic rings. The molecule has 80 valence electrons. The standard InChI is InChI=1S/C12H13Cl2N/c13-10-2-1-8(5-11(10)14)12-4-3-9(12)6-15-7-12/h1-2,5,9,15H,3-4,6-7H2. The molecule has 1 saturated heterocycles. The summed E-state index contributed by atoms with van der Waals surface area (Å²) in [6.45, 7) is 2.25. The van der Waals surface area contributed by atoms with Gasteiger partial charge in [-0.15, -0.1) is 0 Å². The summed E-state index contributed by atoms with van der Waals surface area (Å²) in [7, 11) is 0. The van der Waals surface area contributed by atoms with Gasteiger partial charge >= 0.3 is 0 Å². The molecule has 0 bridgehead atoms. The lowest BCUT2D eigenvalue weighted by Gasteiger charge is -2.45. The Kier molecular flexibility index (Phi) is 2.24. The molecule has 2 atom stereocenters. The summed E-state index contributed by atoms with van der Waals surface area (Å²) in [4.78, 5) is 0. The summed E-state index contributed by atoms with van der Waals surface area (Å²) in [5, 5.41) is 4.81. The molecule has 1 aromatic carbocycles. The molecule has 1 aliphatic heterocycles. The van der Waals surface area contributed by atoms with Crippen molar-refractivity contribution in [2.75, 3.05) is 13.1 Å². The maximum Gasteiger partial charge on any atom is 0.0595 e. The van der Waals surface area contributed by atoms with E-state index in [9.17, 15) is 0 Å². The van der Waals surface area contributed by atoms with Gasteiger partial charge in [-0.25, -0.2) is 0 Å². The first-order valence-electron chi connectivity index (χ1n) is 5.39. The van der Waals surface area contributed by atoms with Crippen molar-refractivity contribution in [3.8, 4) is 0 Å². The lowest BCUT2D eigenvalue weighted by molar-refractivity contribution is 0.182. The normalized spacial score (nSPS) is 33.6. The second-order valence-corrected chi connectivity index (χ2v) is 5.47. The minimum absolute atomic E-state index is 0.355. The van der Waals surface area contributed by atoms with Gasteiger partial charge in [0.25, 0.3) is 0 Å². The van der Waals surface area contributed by atoms with E-state index in [4.69, 9.17) is 23.2 Å². The van der Waals surface area contributed by atoms with Crippen LogP contribution in [0.5, 0.6) is 0 Å². The summed E-state index contributed by atoms with van der Waals surface area (Å²) < 4.78 is 0. The largest absolute Gasteiger partial charge is 0.316 e. The first-order chi connectivity index (χ1) is 7.22. The van der Waals surface area contributed by atoms with Gasteiger partial charge in [-0.3, -0.25) is 0 Å². The first kappa shape index (κ1) is 9.95. The van der Waals surface area contributed by atoms with Crippen LogP contribution in [0.15, 0.2) is 18.2 Å². The Balaban J connectivity index is 2.02. The Bertz CT molecular complexity index is 405. The molecule has 1 heterocycles. The quantitative estimate of drug-likeness (QED) is 0.797. The van der Waals surface area contributed by atoms with Crippen molar-refractivity contribution in [2.24, 2.45) is 5.92 Å². The molecular weight excluding hydrogens is 229 g/mol. The zero-order chi connectivity index (χ0) is 10.5. The lowest BCUT2D eigenvalue weighted by Crippen LogP contribution is -2.43. The van der Waals surface area contributed by atoms with Crippen LogP contribution in [0.2, 0.25) is 10.0 Å². The lowest BCUT2D eigenvalue weighted by atomic mass is 9.59. The molecule has 1 aliphatic carbocycles. The Labute approximate surface area is 99.8 Å². The number of nitrogens with one attached hydrogen (secondary N) is 1. The van der Waals surface area contributed by atoms with E-state index in [0.29, 0.717) is 15.5 Å². The zero-order valence-electron chi connectivity index (χ0n) is 8.39. The van der Waals surface area contributed by atoms with E-state index < -0.39 is 0 Å². The van der Waals surface area contributed by atoms with E-state index in [1.807, 2.05) is 12.1 Å². The number of halogens is 2. The van der Waals surface area contributed by atoms with E-state index in [1.165, 1.54) is 18.4 Å². The SMILES string of the molecule is Clc1ccc(C23CCC2CNC3)cc1Cl. The molecule has 2 unspecified atom stereocenters. The topological polar surface area (TPSA) is 12.0 Å². The molecule has 3 rings (SSSR count). The highest BCUT2D eigenvalue weighted by atomic mass is 35.5. The van der Waals surface area contributed by atoms with Gasteiger partial charge in [-0.05, 0) is 43.0 Å². The fourth-order valence-electron chi connectivity index (χ4n) is 2.98. The van der Waals surface area contributed by atoms with Gasteiger partial charge in [0.15, 0.2) is 0 Å². The third-order valence-corrected chi connectivity index (χ3v) is 4.79. The van der Waals surface area contributed by atoms with Crippen LogP contribution in [0.1, 0.15) is 18.4 Å². The molecule has 0 spiro atoms. The van der Waals surface area contributed by atoms with Crippen LogP contribution < -0.4 is 5.32 Å². The number of fused-ring (bicyclic) bond motifs is 1. The minimum atomic E-state index is 0.355. The number of hydrogen-bond acceptors (Lipinski definition) is 1. The van der Waals surface area contributed by atoms with Crippen LogP contribution in [0.3, 0.4) is 0 Å². The van der Waals surface area contributed by atoms with Gasteiger partial charge < -0.3 is 5.32 Å². The molecule has 2 aliphatic rings. The average molecular weight is 242 g/mol. The first-order valence-corrected chi connectivity index (χ1v) is 6.14. The van der Waals surface area contributed by atoms with Crippen molar-refractivity contribution in [2.45, 2.75) is 18.3 Å². The molecule has 0 radical (unpaired) electrons. The maximum absolute atomic E-state index is 6.07. The molecule has 1 N–H and O–H groups in total. The van der Waals surface area contributed by atoms with Crippen molar-refractivity contribution >= 4 is 23.2 Å². The highest BCUT2D eigenvalue weighted by molar-refractivity contribution is 6.42. The van der Waals surface area contributed by atoms with Crippen molar-refractivity contribution in [3.63, 3.8) is 0 Å². The second kappa shape index (κ2) is 3.38. The molecule has 0 aromatic heterocycles. The average Bonchev–Trinajstić information content (AvgIpc) is 2.48. The van der Waals surface area contributed by atoms with Gasteiger partial charge in [-0.1, -0.05) is 29.3 Å². The molecule has 3 heteroatoms. The Morgan fingerprint density at radius 1 is 1.27 bits per heavy atom. The van der Waals surface area contributed by atoms with Crippen LogP contribution >= 0.6 is 23.2 Å². The van der Waals surface area contributed by atoms with Crippen LogP contribution in [-0.4, -0.2) is 13.1 Å². The summed E-state index contributed by atoms with van der Waals surface area (Å²) >= 11 is 12.0. The zero-order valence-corrected chi connectivity index (χ0v) is 9.91. The number of benzene rings is 1. The predicted molar refractivity (Wildman–Crippen MR) is 63.7 cm³/mol. The monoisotopic (exact) mass is 241 g/mol. The van der Waals surface area contributed by atoms with Gasteiger partial charge in [0.1, 0.15) is 0 Å². The number of hydrogen-bond donors (Lipinski definition) is 1. The van der Waals surface area contributed by atoms with Crippen molar-refractivity contribution in [3.05, 3.63) is 33.8 Å². The Morgan fingerprint density at radius 2 is 2.13 bits per heavy atom. The van der Waals surface area contributed by atoms with E-state index >= 15 is 0 Å². The molecular formula is C12H13Cl2N. The predicted octanol–water partition coefficient (Wildman–Crippen LogP) is 3.24. The van der Waals surface area contributed by atoms with Crippen LogP contribution in [0.4, 0.5) is 0 Å². The van der Waals surface area contributed by atoms with Gasteiger partial charge in [-0.2, -0.15) is 0 Å². The Hall–Kier alpha value is -0.240. The maximum atomic E-state index is 6.07.